The number of halogens is 1. The Labute approximate surface area is 105 Å². The molecule has 0 aliphatic carbocycles. The molecule has 1 fully saturated rings. The lowest BCUT2D eigenvalue weighted by Crippen LogP contribution is -2.57. The summed E-state index contributed by atoms with van der Waals surface area (Å²) in [5, 5.41) is 2.53. The molecule has 1 saturated heterocycles. The second kappa shape index (κ2) is 5.16. The number of nitrogens with one attached hydrogen (secondary N) is 1. The number of nitrogens with zero attached hydrogens (tertiary/aromatic N) is 1. The van der Waals surface area contributed by atoms with Gasteiger partial charge in [-0.25, -0.2) is 4.39 Å². The number of carbonyl (C=O) groups excluding carboxylic acids is 2. The van der Waals surface area contributed by atoms with Gasteiger partial charge >= 0.3 is 0 Å². The fourth-order valence-electron chi connectivity index (χ4n) is 2.03. The van der Waals surface area contributed by atoms with Crippen LogP contribution >= 0.6 is 0 Å². The molecule has 0 bridgehead atoms. The molecule has 5 heteroatoms. The van der Waals surface area contributed by atoms with Gasteiger partial charge in [0.1, 0.15) is 11.9 Å². The summed E-state index contributed by atoms with van der Waals surface area (Å²) in [5.74, 6) is -0.532. The third-order valence-corrected chi connectivity index (χ3v) is 3.11. The highest BCUT2D eigenvalue weighted by molar-refractivity contribution is 5.94. The van der Waals surface area contributed by atoms with E-state index in [1.807, 2.05) is 6.07 Å². The van der Waals surface area contributed by atoms with Crippen molar-refractivity contribution in [2.45, 2.75) is 19.4 Å². The van der Waals surface area contributed by atoms with Crippen molar-refractivity contribution in [3.8, 4) is 0 Å². The largest absolute Gasteiger partial charge is 0.345 e. The molecule has 1 unspecified atom stereocenters. The Morgan fingerprint density at radius 2 is 2.22 bits per heavy atom. The highest BCUT2D eigenvalue weighted by Crippen LogP contribution is 2.09. The van der Waals surface area contributed by atoms with Gasteiger partial charge < -0.3 is 10.2 Å². The Hall–Kier alpha value is -1.91. The first-order valence-corrected chi connectivity index (χ1v) is 5.89. The Morgan fingerprint density at radius 1 is 1.44 bits per heavy atom. The first kappa shape index (κ1) is 12.5. The van der Waals surface area contributed by atoms with Crippen LogP contribution in [0.3, 0.4) is 0 Å². The monoisotopic (exact) mass is 250 g/mol. The summed E-state index contributed by atoms with van der Waals surface area (Å²) in [4.78, 5) is 24.7. The maximum Gasteiger partial charge on any atom is 0.242 e. The third-order valence-electron chi connectivity index (χ3n) is 3.11. The van der Waals surface area contributed by atoms with E-state index in [0.717, 1.165) is 5.56 Å². The number of piperazine rings is 1. The molecule has 2 rings (SSSR count). The summed E-state index contributed by atoms with van der Waals surface area (Å²) >= 11 is 0. The number of hydrogen-bond acceptors (Lipinski definition) is 2. The van der Waals surface area contributed by atoms with E-state index < -0.39 is 6.04 Å². The Balaban J connectivity index is 2.00. The average Bonchev–Trinajstić information content (AvgIpc) is 2.34. The van der Waals surface area contributed by atoms with E-state index >= 15 is 0 Å². The molecule has 2 amide bonds. The van der Waals surface area contributed by atoms with E-state index in [2.05, 4.69) is 5.32 Å². The van der Waals surface area contributed by atoms with Crippen molar-refractivity contribution in [1.29, 1.82) is 0 Å². The van der Waals surface area contributed by atoms with Gasteiger partial charge in [-0.15, -0.1) is 0 Å². The lowest BCUT2D eigenvalue weighted by molar-refractivity contribution is -0.144. The molecule has 4 nitrogen and oxygen atoms in total. The minimum Gasteiger partial charge on any atom is -0.345 e. The lowest BCUT2D eigenvalue weighted by Gasteiger charge is -2.32. The van der Waals surface area contributed by atoms with Gasteiger partial charge in [-0.2, -0.15) is 0 Å². The summed E-state index contributed by atoms with van der Waals surface area (Å²) in [6.45, 7) is 2.17. The van der Waals surface area contributed by atoms with Crippen LogP contribution in [0.2, 0.25) is 0 Å². The fraction of sp³-hybridized carbons (Fsp3) is 0.385. The standard InChI is InChI=1S/C13H15FN2O2/c1-9-13(18)15-8-12(17)16(9)6-5-10-3-2-4-11(14)7-10/h2-4,7,9H,5-6,8H2,1H3,(H,15,18). The first-order chi connectivity index (χ1) is 8.58. The zero-order valence-electron chi connectivity index (χ0n) is 10.1. The second-order valence-electron chi connectivity index (χ2n) is 4.36. The molecule has 0 spiro atoms. The van der Waals surface area contributed by atoms with Gasteiger partial charge in [-0.1, -0.05) is 12.1 Å². The predicted molar refractivity (Wildman–Crippen MR) is 64.3 cm³/mol. The molecule has 1 atom stereocenters. The molecule has 0 radical (unpaired) electrons. The summed E-state index contributed by atoms with van der Waals surface area (Å²) in [6, 6.07) is 5.81. The number of carbonyl (C=O) groups is 2. The molecule has 1 aliphatic rings. The Morgan fingerprint density at radius 3 is 2.94 bits per heavy atom. The average molecular weight is 250 g/mol. The Bertz CT molecular complexity index is 476. The summed E-state index contributed by atoms with van der Waals surface area (Å²) in [5.41, 5.74) is 0.820. The highest BCUT2D eigenvalue weighted by atomic mass is 19.1. The summed E-state index contributed by atoms with van der Waals surface area (Å²) < 4.78 is 13.0. The van der Waals surface area contributed by atoms with Crippen LogP contribution in [0.1, 0.15) is 12.5 Å². The minimum atomic E-state index is -0.459. The zero-order valence-corrected chi connectivity index (χ0v) is 10.1. The maximum atomic E-state index is 13.0. The van der Waals surface area contributed by atoms with Crippen LogP contribution in [0.5, 0.6) is 0 Å². The molecule has 1 N–H and O–H groups in total. The molecule has 0 saturated carbocycles. The van der Waals surface area contributed by atoms with Crippen molar-refractivity contribution in [2.24, 2.45) is 0 Å². The number of benzene rings is 1. The normalized spacial score (nSPS) is 19.9. The zero-order chi connectivity index (χ0) is 13.1. The van der Waals surface area contributed by atoms with Gasteiger partial charge in [0.25, 0.3) is 0 Å². The van der Waals surface area contributed by atoms with E-state index in [4.69, 9.17) is 0 Å². The number of rotatable bonds is 3. The van der Waals surface area contributed by atoms with E-state index in [0.29, 0.717) is 13.0 Å². The maximum absolute atomic E-state index is 13.0. The van der Waals surface area contributed by atoms with Crippen LogP contribution in [-0.2, 0) is 16.0 Å². The van der Waals surface area contributed by atoms with Gasteiger partial charge in [0.05, 0.1) is 6.54 Å². The van der Waals surface area contributed by atoms with E-state index in [-0.39, 0.29) is 24.2 Å². The summed E-state index contributed by atoms with van der Waals surface area (Å²) in [6.07, 6.45) is 0.543. The van der Waals surface area contributed by atoms with Crippen molar-refractivity contribution >= 4 is 11.8 Å². The minimum absolute atomic E-state index is 0.0479. The van der Waals surface area contributed by atoms with Gasteiger partial charge in [0.2, 0.25) is 11.8 Å². The van der Waals surface area contributed by atoms with E-state index in [9.17, 15) is 14.0 Å². The number of amides is 2. The van der Waals surface area contributed by atoms with E-state index in [1.165, 1.54) is 17.0 Å². The lowest BCUT2D eigenvalue weighted by atomic mass is 10.1. The van der Waals surface area contributed by atoms with Crippen LogP contribution < -0.4 is 5.32 Å². The molecule has 0 aromatic heterocycles. The van der Waals surface area contributed by atoms with Crippen LogP contribution in [-0.4, -0.2) is 35.8 Å². The molecule has 1 aromatic carbocycles. The molecule has 1 aliphatic heterocycles. The van der Waals surface area contributed by atoms with Crippen molar-refractivity contribution in [1.82, 2.24) is 10.2 Å². The fourth-order valence-corrected chi connectivity index (χ4v) is 2.03. The smallest absolute Gasteiger partial charge is 0.242 e. The first-order valence-electron chi connectivity index (χ1n) is 5.89. The van der Waals surface area contributed by atoms with Crippen molar-refractivity contribution < 1.29 is 14.0 Å². The van der Waals surface area contributed by atoms with Crippen LogP contribution in [0, 0.1) is 5.82 Å². The molecule has 18 heavy (non-hydrogen) atoms. The SMILES string of the molecule is CC1C(=O)NCC(=O)N1CCc1cccc(F)c1. The second-order valence-corrected chi connectivity index (χ2v) is 4.36. The molecule has 96 valence electrons. The van der Waals surface area contributed by atoms with Crippen LogP contribution in [0.15, 0.2) is 24.3 Å². The van der Waals surface area contributed by atoms with Gasteiger partial charge in [0.15, 0.2) is 0 Å². The third kappa shape index (κ3) is 2.67. The molecular weight excluding hydrogens is 235 g/mol. The Kier molecular flexibility index (Phi) is 3.60. The summed E-state index contributed by atoms with van der Waals surface area (Å²) in [7, 11) is 0. The topological polar surface area (TPSA) is 49.4 Å². The molecular formula is C13H15FN2O2. The quantitative estimate of drug-likeness (QED) is 0.859. The van der Waals surface area contributed by atoms with Crippen LogP contribution in [0.4, 0.5) is 4.39 Å². The van der Waals surface area contributed by atoms with Crippen molar-refractivity contribution in [3.63, 3.8) is 0 Å². The highest BCUT2D eigenvalue weighted by Gasteiger charge is 2.30. The molecule has 1 heterocycles. The van der Waals surface area contributed by atoms with Crippen LogP contribution in [0.25, 0.3) is 0 Å². The number of hydrogen-bond donors (Lipinski definition) is 1. The van der Waals surface area contributed by atoms with E-state index in [1.54, 1.807) is 13.0 Å². The molecule has 1 aromatic rings. The predicted octanol–water partition coefficient (Wildman–Crippen LogP) is 0.715. The van der Waals surface area contributed by atoms with Gasteiger partial charge in [0, 0.05) is 6.54 Å². The van der Waals surface area contributed by atoms with Gasteiger partial charge in [-0.05, 0) is 31.0 Å². The van der Waals surface area contributed by atoms with Crippen molar-refractivity contribution in [2.75, 3.05) is 13.1 Å². The van der Waals surface area contributed by atoms with Gasteiger partial charge in [-0.3, -0.25) is 9.59 Å². The van der Waals surface area contributed by atoms with Crippen molar-refractivity contribution in [3.05, 3.63) is 35.6 Å².